The van der Waals surface area contributed by atoms with Crippen molar-refractivity contribution in [1.29, 1.82) is 0 Å². The SMILES string of the molecule is Cc1ccccc1C(=O)N/C(=C\c1ccco1)C(=O)N[C@H]1CC2(CCCCC2)Oc2ccccc21. The van der Waals surface area contributed by atoms with Crippen LogP contribution in [0.4, 0.5) is 0 Å². The van der Waals surface area contributed by atoms with Gasteiger partial charge in [-0.15, -0.1) is 0 Å². The van der Waals surface area contributed by atoms with Gasteiger partial charge < -0.3 is 19.8 Å². The van der Waals surface area contributed by atoms with E-state index in [0.29, 0.717) is 17.7 Å². The van der Waals surface area contributed by atoms with Crippen molar-refractivity contribution >= 4 is 17.9 Å². The summed E-state index contributed by atoms with van der Waals surface area (Å²) in [6.07, 6.45) is 9.22. The fourth-order valence-corrected chi connectivity index (χ4v) is 5.18. The third-order valence-corrected chi connectivity index (χ3v) is 6.98. The minimum absolute atomic E-state index is 0.134. The van der Waals surface area contributed by atoms with E-state index in [4.69, 9.17) is 9.15 Å². The molecule has 3 aromatic rings. The number of aryl methyl sites for hydroxylation is 1. The molecule has 2 aromatic carbocycles. The van der Waals surface area contributed by atoms with E-state index in [9.17, 15) is 9.59 Å². The largest absolute Gasteiger partial charge is 0.487 e. The third-order valence-electron chi connectivity index (χ3n) is 6.98. The van der Waals surface area contributed by atoms with Crippen molar-refractivity contribution in [2.45, 2.75) is 57.1 Å². The normalized spacial score (nSPS) is 18.9. The van der Waals surface area contributed by atoms with Crippen molar-refractivity contribution in [2.24, 2.45) is 0 Å². The van der Waals surface area contributed by atoms with Crippen molar-refractivity contribution in [1.82, 2.24) is 10.6 Å². The fourth-order valence-electron chi connectivity index (χ4n) is 5.18. The molecular weight excluding hydrogens is 440 g/mol. The second-order valence-electron chi connectivity index (χ2n) is 9.46. The summed E-state index contributed by atoms with van der Waals surface area (Å²) in [5, 5.41) is 6.00. The molecule has 1 spiro atoms. The van der Waals surface area contributed by atoms with Crippen molar-refractivity contribution in [3.05, 3.63) is 95.1 Å². The van der Waals surface area contributed by atoms with E-state index in [2.05, 4.69) is 10.6 Å². The minimum Gasteiger partial charge on any atom is -0.487 e. The van der Waals surface area contributed by atoms with Gasteiger partial charge in [0.25, 0.3) is 11.8 Å². The van der Waals surface area contributed by atoms with E-state index in [1.54, 1.807) is 30.3 Å². The van der Waals surface area contributed by atoms with Crippen LogP contribution in [-0.2, 0) is 4.79 Å². The van der Waals surface area contributed by atoms with Crippen LogP contribution in [0.2, 0.25) is 0 Å². The predicted octanol–water partition coefficient (Wildman–Crippen LogP) is 5.70. The molecule has 5 rings (SSSR count). The van der Waals surface area contributed by atoms with E-state index in [0.717, 1.165) is 42.6 Å². The van der Waals surface area contributed by atoms with Gasteiger partial charge in [-0.2, -0.15) is 0 Å². The molecule has 1 atom stereocenters. The zero-order valence-electron chi connectivity index (χ0n) is 19.9. The molecule has 1 aliphatic heterocycles. The van der Waals surface area contributed by atoms with Crippen LogP contribution in [0.3, 0.4) is 0 Å². The number of amides is 2. The van der Waals surface area contributed by atoms with Crippen LogP contribution >= 0.6 is 0 Å². The van der Waals surface area contributed by atoms with Crippen LogP contribution in [0.1, 0.15) is 71.8 Å². The molecule has 2 heterocycles. The van der Waals surface area contributed by atoms with Crippen molar-refractivity contribution in [2.75, 3.05) is 0 Å². The number of ether oxygens (including phenoxy) is 1. The number of carbonyl (C=O) groups is 2. The van der Waals surface area contributed by atoms with Crippen LogP contribution in [0.15, 0.2) is 77.0 Å². The Morgan fingerprint density at radius 2 is 1.74 bits per heavy atom. The molecule has 35 heavy (non-hydrogen) atoms. The highest BCUT2D eigenvalue weighted by atomic mass is 16.5. The molecule has 1 fully saturated rings. The highest BCUT2D eigenvalue weighted by Crippen LogP contribution is 2.46. The number of fused-ring (bicyclic) bond motifs is 1. The Bertz CT molecular complexity index is 1240. The van der Waals surface area contributed by atoms with Crippen molar-refractivity contribution < 1.29 is 18.7 Å². The lowest BCUT2D eigenvalue weighted by molar-refractivity contribution is -0.119. The first kappa shape index (κ1) is 23.0. The Labute approximate surface area is 205 Å². The van der Waals surface area contributed by atoms with Gasteiger partial charge >= 0.3 is 0 Å². The van der Waals surface area contributed by atoms with Crippen molar-refractivity contribution in [3.63, 3.8) is 0 Å². The molecule has 1 saturated carbocycles. The Hall–Kier alpha value is -3.80. The molecule has 2 amide bonds. The number of furan rings is 1. The lowest BCUT2D eigenvalue weighted by Crippen LogP contribution is -2.47. The lowest BCUT2D eigenvalue weighted by atomic mass is 9.77. The van der Waals surface area contributed by atoms with Crippen molar-refractivity contribution in [3.8, 4) is 5.75 Å². The molecule has 180 valence electrons. The zero-order valence-corrected chi connectivity index (χ0v) is 19.9. The highest BCUT2D eigenvalue weighted by Gasteiger charge is 2.42. The van der Waals surface area contributed by atoms with E-state index in [-0.39, 0.29) is 29.2 Å². The molecule has 0 unspecified atom stereocenters. The molecular formula is C29H30N2O4. The minimum atomic E-state index is -0.365. The van der Waals surface area contributed by atoms with Crippen LogP contribution in [0.5, 0.6) is 5.75 Å². The monoisotopic (exact) mass is 470 g/mol. The van der Waals surface area contributed by atoms with E-state index in [1.807, 2.05) is 43.3 Å². The molecule has 6 heteroatoms. The smallest absolute Gasteiger partial charge is 0.268 e. The number of rotatable bonds is 5. The zero-order chi connectivity index (χ0) is 24.3. The van der Waals surface area contributed by atoms with Gasteiger partial charge in [-0.25, -0.2) is 0 Å². The van der Waals surface area contributed by atoms with Gasteiger partial charge in [0.2, 0.25) is 0 Å². The van der Waals surface area contributed by atoms with Gasteiger partial charge in [0.1, 0.15) is 22.8 Å². The Balaban J connectivity index is 1.42. The number of hydrogen-bond acceptors (Lipinski definition) is 4. The van der Waals surface area contributed by atoms with Crippen LogP contribution in [0.25, 0.3) is 6.08 Å². The van der Waals surface area contributed by atoms with Gasteiger partial charge in [0, 0.05) is 23.6 Å². The maximum Gasteiger partial charge on any atom is 0.268 e. The number of hydrogen-bond donors (Lipinski definition) is 2. The molecule has 2 N–H and O–H groups in total. The summed E-state index contributed by atoms with van der Waals surface area (Å²) < 4.78 is 11.9. The Morgan fingerprint density at radius 1 is 0.971 bits per heavy atom. The number of para-hydroxylation sites is 1. The molecule has 0 saturated heterocycles. The van der Waals surface area contributed by atoms with E-state index < -0.39 is 0 Å². The summed E-state index contributed by atoms with van der Waals surface area (Å²) in [5.74, 6) is 0.603. The molecule has 6 nitrogen and oxygen atoms in total. The first-order valence-corrected chi connectivity index (χ1v) is 12.2. The summed E-state index contributed by atoms with van der Waals surface area (Å²) in [6, 6.07) is 18.5. The second kappa shape index (κ2) is 9.82. The average Bonchev–Trinajstić information content (AvgIpc) is 3.37. The fraction of sp³-hybridized carbons (Fsp3) is 0.310. The Morgan fingerprint density at radius 3 is 2.51 bits per heavy atom. The molecule has 0 radical (unpaired) electrons. The molecule has 2 aliphatic rings. The predicted molar refractivity (Wildman–Crippen MR) is 134 cm³/mol. The lowest BCUT2D eigenvalue weighted by Gasteiger charge is -2.44. The number of benzene rings is 2. The standard InChI is InChI=1S/C29H30N2O4/c1-20-10-3-4-12-22(20)27(32)30-24(18-21-11-9-17-34-21)28(33)31-25-19-29(15-7-2-8-16-29)35-26-14-6-5-13-23(25)26/h3-6,9-14,17-18,25H,2,7-8,15-16,19H2,1H3,(H,30,32)(H,31,33)/b24-18-/t25-/m0/s1. The summed E-state index contributed by atoms with van der Waals surface area (Å²) in [4.78, 5) is 26.7. The van der Waals surface area contributed by atoms with Crippen LogP contribution in [0, 0.1) is 6.92 Å². The number of nitrogens with one attached hydrogen (secondary N) is 2. The highest BCUT2D eigenvalue weighted by molar-refractivity contribution is 6.05. The Kier molecular flexibility index (Phi) is 6.45. The van der Waals surface area contributed by atoms with E-state index in [1.165, 1.54) is 12.7 Å². The van der Waals surface area contributed by atoms with Crippen LogP contribution < -0.4 is 15.4 Å². The van der Waals surface area contributed by atoms with Gasteiger partial charge in [-0.3, -0.25) is 9.59 Å². The van der Waals surface area contributed by atoms with Crippen LogP contribution in [-0.4, -0.2) is 17.4 Å². The second-order valence-corrected chi connectivity index (χ2v) is 9.46. The van der Waals surface area contributed by atoms with Gasteiger partial charge in [-0.05, 0) is 62.4 Å². The van der Waals surface area contributed by atoms with Gasteiger partial charge in [0.15, 0.2) is 0 Å². The van der Waals surface area contributed by atoms with E-state index >= 15 is 0 Å². The maximum atomic E-state index is 13.6. The van der Waals surface area contributed by atoms with Gasteiger partial charge in [-0.1, -0.05) is 42.8 Å². The summed E-state index contributed by atoms with van der Waals surface area (Å²) in [5.41, 5.74) is 2.18. The molecule has 0 bridgehead atoms. The molecule has 1 aliphatic carbocycles. The summed E-state index contributed by atoms with van der Waals surface area (Å²) in [7, 11) is 0. The maximum absolute atomic E-state index is 13.6. The third kappa shape index (κ3) is 5.02. The first-order valence-electron chi connectivity index (χ1n) is 12.2. The quantitative estimate of drug-likeness (QED) is 0.469. The summed E-state index contributed by atoms with van der Waals surface area (Å²) >= 11 is 0. The van der Waals surface area contributed by atoms with Gasteiger partial charge in [0.05, 0.1) is 12.3 Å². The summed E-state index contributed by atoms with van der Waals surface area (Å²) in [6.45, 7) is 1.87. The molecule has 1 aromatic heterocycles. The topological polar surface area (TPSA) is 80.6 Å². The first-order chi connectivity index (χ1) is 17.0. The average molecular weight is 471 g/mol. The number of carbonyl (C=O) groups excluding carboxylic acids is 2.